The van der Waals surface area contributed by atoms with Crippen molar-refractivity contribution in [3.05, 3.63) is 0 Å². The summed E-state index contributed by atoms with van der Waals surface area (Å²) >= 11 is 5.96. The zero-order chi connectivity index (χ0) is 9.47. The second kappa shape index (κ2) is 3.45. The van der Waals surface area contributed by atoms with Gasteiger partial charge in [-0.1, -0.05) is 19.8 Å². The molecule has 1 aliphatic carbocycles. The molecule has 0 N–H and O–H groups in total. The van der Waals surface area contributed by atoms with Crippen LogP contribution in [-0.4, -0.2) is 24.1 Å². The average Bonchev–Trinajstić information content (AvgIpc) is 2.41. The van der Waals surface area contributed by atoms with Crippen molar-refractivity contribution in [3.8, 4) is 0 Å². The van der Waals surface area contributed by atoms with Crippen molar-refractivity contribution < 1.29 is 9.31 Å². The second-order valence-electron chi connectivity index (χ2n) is 4.35. The van der Waals surface area contributed by atoms with Gasteiger partial charge in [-0.3, -0.25) is 0 Å². The van der Waals surface area contributed by atoms with Crippen molar-refractivity contribution in [1.82, 2.24) is 0 Å². The van der Waals surface area contributed by atoms with Crippen LogP contribution in [0, 0.1) is 0 Å². The number of hydrogen-bond acceptors (Lipinski definition) is 2. The minimum Gasteiger partial charge on any atom is -0.404 e. The zero-order valence-electron chi connectivity index (χ0n) is 8.25. The van der Waals surface area contributed by atoms with Gasteiger partial charge in [-0.05, 0) is 19.8 Å². The zero-order valence-corrected chi connectivity index (χ0v) is 9.01. The summed E-state index contributed by atoms with van der Waals surface area (Å²) in [4.78, 5) is 0. The maximum atomic E-state index is 5.96. The Labute approximate surface area is 85.1 Å². The Morgan fingerprint density at radius 2 is 2.31 bits per heavy atom. The van der Waals surface area contributed by atoms with Crippen LogP contribution in [-0.2, 0) is 9.31 Å². The number of rotatable bonds is 1. The third-order valence-electron chi connectivity index (χ3n) is 3.13. The molecule has 0 amide bonds. The van der Waals surface area contributed by atoms with Crippen molar-refractivity contribution >= 4 is 18.7 Å². The molecule has 1 saturated heterocycles. The number of halogens is 1. The van der Waals surface area contributed by atoms with Crippen LogP contribution in [0.25, 0.3) is 0 Å². The van der Waals surface area contributed by atoms with Gasteiger partial charge in [0.05, 0.1) is 17.0 Å². The van der Waals surface area contributed by atoms with E-state index in [0.717, 1.165) is 12.8 Å². The molecule has 3 unspecified atom stereocenters. The predicted molar refractivity (Wildman–Crippen MR) is 53.9 cm³/mol. The quantitative estimate of drug-likeness (QED) is 0.480. The van der Waals surface area contributed by atoms with E-state index in [1.807, 2.05) is 6.92 Å². The molecule has 13 heavy (non-hydrogen) atoms. The summed E-state index contributed by atoms with van der Waals surface area (Å²) in [6, 6.07) is 0. The number of fused-ring (bicyclic) bond motifs is 1. The van der Waals surface area contributed by atoms with Crippen LogP contribution in [0.2, 0.25) is 0 Å². The van der Waals surface area contributed by atoms with Crippen LogP contribution in [0.4, 0.5) is 0 Å². The molecule has 3 atom stereocenters. The SMILES string of the molecule is CC(Cl)B1OC2CCCCC2(C)O1. The molecule has 0 aromatic heterocycles. The summed E-state index contributed by atoms with van der Waals surface area (Å²) in [6.07, 6.45) is 5.01. The largest absolute Gasteiger partial charge is 0.476 e. The first kappa shape index (κ1) is 9.82. The molecule has 0 aromatic rings. The normalized spacial score (nSPS) is 41.8. The second-order valence-corrected chi connectivity index (χ2v) is 5.04. The highest BCUT2D eigenvalue weighted by atomic mass is 35.5. The summed E-state index contributed by atoms with van der Waals surface area (Å²) < 4.78 is 11.6. The molecule has 2 aliphatic rings. The highest BCUT2D eigenvalue weighted by Crippen LogP contribution is 2.40. The van der Waals surface area contributed by atoms with E-state index in [2.05, 4.69) is 6.92 Å². The Hall–Kier alpha value is 0.275. The molecule has 0 bridgehead atoms. The van der Waals surface area contributed by atoms with Gasteiger partial charge < -0.3 is 9.31 Å². The Balaban J connectivity index is 2.06. The molecule has 1 saturated carbocycles. The highest BCUT2D eigenvalue weighted by Gasteiger charge is 2.50. The van der Waals surface area contributed by atoms with Gasteiger partial charge in [0.15, 0.2) is 0 Å². The van der Waals surface area contributed by atoms with Gasteiger partial charge in [0.1, 0.15) is 0 Å². The minimum absolute atomic E-state index is 0.0533. The third-order valence-corrected chi connectivity index (χ3v) is 3.34. The summed E-state index contributed by atoms with van der Waals surface area (Å²) in [5.74, 6) is 0. The van der Waals surface area contributed by atoms with Gasteiger partial charge in [-0.15, -0.1) is 11.6 Å². The molecule has 1 heterocycles. The molecule has 4 heteroatoms. The van der Waals surface area contributed by atoms with E-state index < -0.39 is 0 Å². The van der Waals surface area contributed by atoms with E-state index in [-0.39, 0.29) is 24.1 Å². The van der Waals surface area contributed by atoms with E-state index in [0.29, 0.717) is 0 Å². The lowest BCUT2D eigenvalue weighted by molar-refractivity contribution is 0.0180. The Morgan fingerprint density at radius 3 is 2.92 bits per heavy atom. The van der Waals surface area contributed by atoms with Crippen molar-refractivity contribution in [2.24, 2.45) is 0 Å². The Morgan fingerprint density at radius 1 is 1.54 bits per heavy atom. The van der Waals surface area contributed by atoms with Crippen LogP contribution >= 0.6 is 11.6 Å². The minimum atomic E-state index is -0.199. The molecule has 2 rings (SSSR count). The van der Waals surface area contributed by atoms with E-state index >= 15 is 0 Å². The lowest BCUT2D eigenvalue weighted by Gasteiger charge is -2.34. The fourth-order valence-electron chi connectivity index (χ4n) is 2.28. The monoisotopic (exact) mass is 202 g/mol. The van der Waals surface area contributed by atoms with E-state index in [9.17, 15) is 0 Å². The topological polar surface area (TPSA) is 18.5 Å². The first-order chi connectivity index (χ1) is 6.12. The van der Waals surface area contributed by atoms with Crippen LogP contribution < -0.4 is 0 Å². The Bertz CT molecular complexity index is 200. The standard InChI is InChI=1S/C9H16BClO2/c1-7(11)10-12-8-5-3-4-6-9(8,2)13-10/h7-8H,3-6H2,1-2H3. The van der Waals surface area contributed by atoms with Crippen molar-refractivity contribution in [1.29, 1.82) is 0 Å². The fraction of sp³-hybridized carbons (Fsp3) is 1.00. The summed E-state index contributed by atoms with van der Waals surface area (Å²) in [7, 11) is -0.199. The van der Waals surface area contributed by atoms with Crippen LogP contribution in [0.1, 0.15) is 39.5 Å². The van der Waals surface area contributed by atoms with Gasteiger partial charge in [-0.25, -0.2) is 0 Å². The van der Waals surface area contributed by atoms with Crippen LogP contribution in [0.15, 0.2) is 0 Å². The molecule has 2 fully saturated rings. The highest BCUT2D eigenvalue weighted by molar-refractivity contribution is 6.59. The maximum Gasteiger partial charge on any atom is 0.476 e. The maximum absolute atomic E-state index is 5.96. The van der Waals surface area contributed by atoms with Crippen LogP contribution in [0.3, 0.4) is 0 Å². The smallest absolute Gasteiger partial charge is 0.404 e. The molecular weight excluding hydrogens is 186 g/mol. The average molecular weight is 202 g/mol. The molecule has 74 valence electrons. The number of alkyl halides is 1. The third kappa shape index (κ3) is 1.74. The van der Waals surface area contributed by atoms with Crippen molar-refractivity contribution in [3.63, 3.8) is 0 Å². The van der Waals surface area contributed by atoms with E-state index in [4.69, 9.17) is 20.9 Å². The Kier molecular flexibility index (Phi) is 2.60. The molecule has 1 aliphatic heterocycles. The lowest BCUT2D eigenvalue weighted by Crippen LogP contribution is -2.39. The van der Waals surface area contributed by atoms with Gasteiger partial charge >= 0.3 is 7.12 Å². The van der Waals surface area contributed by atoms with Gasteiger partial charge in [0.25, 0.3) is 0 Å². The van der Waals surface area contributed by atoms with Gasteiger partial charge in [0, 0.05) is 0 Å². The lowest BCUT2D eigenvalue weighted by atomic mass is 9.83. The van der Waals surface area contributed by atoms with E-state index in [1.54, 1.807) is 0 Å². The fourth-order valence-corrected chi connectivity index (χ4v) is 2.39. The van der Waals surface area contributed by atoms with Gasteiger partial charge in [-0.2, -0.15) is 0 Å². The van der Waals surface area contributed by atoms with E-state index in [1.165, 1.54) is 12.8 Å². The molecular formula is C9H16BClO2. The molecule has 2 nitrogen and oxygen atoms in total. The first-order valence-electron chi connectivity index (χ1n) is 5.09. The summed E-state index contributed by atoms with van der Waals surface area (Å²) in [5.41, 5.74) is -0.0634. The summed E-state index contributed by atoms with van der Waals surface area (Å²) in [6.45, 7) is 4.07. The number of hydrogen-bond donors (Lipinski definition) is 0. The van der Waals surface area contributed by atoms with Gasteiger partial charge in [0.2, 0.25) is 0 Å². The molecule has 0 aromatic carbocycles. The summed E-state index contributed by atoms with van der Waals surface area (Å²) in [5, 5.41) is -0.0533. The van der Waals surface area contributed by atoms with Crippen molar-refractivity contribution in [2.75, 3.05) is 0 Å². The van der Waals surface area contributed by atoms with Crippen molar-refractivity contribution in [2.45, 2.75) is 56.5 Å². The first-order valence-corrected chi connectivity index (χ1v) is 5.53. The van der Waals surface area contributed by atoms with Crippen LogP contribution in [0.5, 0.6) is 0 Å². The predicted octanol–water partition coefficient (Wildman–Crippen LogP) is 2.39. The molecule has 0 radical (unpaired) electrons. The molecule has 0 spiro atoms.